The molecule has 9 heteroatoms. The highest BCUT2D eigenvalue weighted by Crippen LogP contribution is 2.21. The van der Waals surface area contributed by atoms with E-state index in [2.05, 4.69) is 4.72 Å². The third kappa shape index (κ3) is 4.80. The van der Waals surface area contributed by atoms with E-state index in [1.165, 1.54) is 4.90 Å². The van der Waals surface area contributed by atoms with Crippen molar-refractivity contribution in [2.24, 2.45) is 0 Å². The number of carboxylic acid groups (broad SMARTS) is 1. The number of amides is 1. The first-order valence-electron chi connectivity index (χ1n) is 8.31. The fraction of sp³-hybridized carbons (Fsp3) is 0.529. The summed E-state index contributed by atoms with van der Waals surface area (Å²) in [6, 6.07) is 3.60. The Kier molecular flexibility index (Phi) is 6.38. The van der Waals surface area contributed by atoms with Gasteiger partial charge in [-0.2, -0.15) is 0 Å². The fourth-order valence-corrected chi connectivity index (χ4v) is 4.62. The highest BCUT2D eigenvalue weighted by Gasteiger charge is 2.29. The summed E-state index contributed by atoms with van der Waals surface area (Å²) in [5, 5.41) is 8.96. The van der Waals surface area contributed by atoms with Crippen molar-refractivity contribution >= 4 is 21.9 Å². The van der Waals surface area contributed by atoms with Crippen LogP contribution in [0.3, 0.4) is 0 Å². The molecule has 1 aliphatic rings. The third-order valence-electron chi connectivity index (χ3n) is 4.20. The number of sulfonamides is 1. The number of nitrogens with one attached hydrogen (secondary N) is 1. The smallest absolute Gasteiger partial charge is 0.334 e. The van der Waals surface area contributed by atoms with Crippen LogP contribution in [-0.4, -0.2) is 62.6 Å². The number of morpholine rings is 1. The number of ether oxygens (including phenoxy) is 1. The molecule has 0 aliphatic carbocycles. The quantitative estimate of drug-likeness (QED) is 0.742. The standard InChI is InChI=1S/C17H24N2O6S/c1-11-8-12(2)16(13(3)9-11)26(23,24)18-5-4-15(20)19-6-7-25-14(10-19)17(21)22/h8-9,14,18H,4-7,10H2,1-3H3,(H,21,22). The third-order valence-corrected chi connectivity index (χ3v) is 5.96. The molecule has 1 unspecified atom stereocenters. The first kappa shape index (κ1) is 20.3. The van der Waals surface area contributed by atoms with Crippen LogP contribution in [0.25, 0.3) is 0 Å². The molecule has 0 aromatic heterocycles. The Labute approximate surface area is 153 Å². The van der Waals surface area contributed by atoms with Gasteiger partial charge in [-0.05, 0) is 31.9 Å². The molecule has 2 rings (SSSR count). The molecule has 26 heavy (non-hydrogen) atoms. The van der Waals surface area contributed by atoms with Gasteiger partial charge in [0.25, 0.3) is 0 Å². The van der Waals surface area contributed by atoms with E-state index in [0.29, 0.717) is 17.7 Å². The summed E-state index contributed by atoms with van der Waals surface area (Å²) in [7, 11) is -3.73. The number of nitrogens with zero attached hydrogens (tertiary/aromatic N) is 1. The molecule has 1 saturated heterocycles. The second-order valence-corrected chi connectivity index (χ2v) is 8.12. The summed E-state index contributed by atoms with van der Waals surface area (Å²) >= 11 is 0. The second kappa shape index (κ2) is 8.15. The maximum Gasteiger partial charge on any atom is 0.334 e. The average Bonchev–Trinajstić information content (AvgIpc) is 2.53. The van der Waals surface area contributed by atoms with Gasteiger partial charge in [0.1, 0.15) is 0 Å². The molecule has 1 fully saturated rings. The van der Waals surface area contributed by atoms with Crippen molar-refractivity contribution in [1.82, 2.24) is 9.62 Å². The van der Waals surface area contributed by atoms with Crippen LogP contribution < -0.4 is 4.72 Å². The van der Waals surface area contributed by atoms with Gasteiger partial charge in [0.05, 0.1) is 18.0 Å². The Balaban J connectivity index is 1.96. The van der Waals surface area contributed by atoms with Crippen molar-refractivity contribution in [2.45, 2.75) is 38.2 Å². The van der Waals surface area contributed by atoms with Crippen LogP contribution in [0.1, 0.15) is 23.1 Å². The van der Waals surface area contributed by atoms with Crippen LogP contribution in [0.2, 0.25) is 0 Å². The molecular weight excluding hydrogens is 360 g/mol. The number of hydrogen-bond acceptors (Lipinski definition) is 5. The van der Waals surface area contributed by atoms with E-state index in [9.17, 15) is 18.0 Å². The van der Waals surface area contributed by atoms with Gasteiger partial charge in [0.2, 0.25) is 15.9 Å². The van der Waals surface area contributed by atoms with Gasteiger partial charge in [0, 0.05) is 19.5 Å². The number of carbonyl (C=O) groups is 2. The molecule has 1 aromatic rings. The van der Waals surface area contributed by atoms with Crippen LogP contribution in [0.15, 0.2) is 17.0 Å². The van der Waals surface area contributed by atoms with Gasteiger partial charge in [-0.1, -0.05) is 17.7 Å². The average molecular weight is 384 g/mol. The predicted octanol–water partition coefficient (Wildman–Crippen LogP) is 0.592. The second-order valence-electron chi connectivity index (χ2n) is 6.41. The molecule has 0 saturated carbocycles. The van der Waals surface area contributed by atoms with E-state index in [-0.39, 0.29) is 36.9 Å². The number of benzene rings is 1. The molecule has 8 nitrogen and oxygen atoms in total. The predicted molar refractivity (Wildman–Crippen MR) is 94.4 cm³/mol. The zero-order valence-corrected chi connectivity index (χ0v) is 15.9. The maximum atomic E-state index is 12.6. The van der Waals surface area contributed by atoms with Crippen molar-refractivity contribution in [2.75, 3.05) is 26.2 Å². The van der Waals surface area contributed by atoms with Crippen molar-refractivity contribution in [3.63, 3.8) is 0 Å². The highest BCUT2D eigenvalue weighted by atomic mass is 32.2. The molecule has 0 spiro atoms. The minimum absolute atomic E-state index is 0.0307. The lowest BCUT2D eigenvalue weighted by atomic mass is 10.1. The summed E-state index contributed by atoms with van der Waals surface area (Å²) in [5.41, 5.74) is 2.28. The molecule has 2 N–H and O–H groups in total. The number of rotatable bonds is 6. The normalized spacial score (nSPS) is 18.0. The van der Waals surface area contributed by atoms with E-state index in [1.54, 1.807) is 26.0 Å². The number of aryl methyl sites for hydroxylation is 3. The van der Waals surface area contributed by atoms with Crippen molar-refractivity contribution in [3.8, 4) is 0 Å². The van der Waals surface area contributed by atoms with Gasteiger partial charge in [-0.3, -0.25) is 4.79 Å². The van der Waals surface area contributed by atoms with Crippen LogP contribution in [0.5, 0.6) is 0 Å². The number of aliphatic carboxylic acids is 1. The van der Waals surface area contributed by atoms with Crippen molar-refractivity contribution in [1.29, 1.82) is 0 Å². The first-order chi connectivity index (χ1) is 12.1. The molecular formula is C17H24N2O6S. The maximum absolute atomic E-state index is 12.6. The zero-order chi connectivity index (χ0) is 19.5. The Morgan fingerprint density at radius 1 is 1.27 bits per heavy atom. The molecule has 1 heterocycles. The summed E-state index contributed by atoms with van der Waals surface area (Å²) in [4.78, 5) is 24.8. The lowest BCUT2D eigenvalue weighted by Gasteiger charge is -2.31. The molecule has 1 amide bonds. The highest BCUT2D eigenvalue weighted by molar-refractivity contribution is 7.89. The zero-order valence-electron chi connectivity index (χ0n) is 15.1. The molecule has 1 aromatic carbocycles. The lowest BCUT2D eigenvalue weighted by Crippen LogP contribution is -2.49. The van der Waals surface area contributed by atoms with E-state index in [0.717, 1.165) is 5.56 Å². The van der Waals surface area contributed by atoms with E-state index >= 15 is 0 Å². The van der Waals surface area contributed by atoms with Gasteiger partial charge in [0.15, 0.2) is 6.10 Å². The number of carboxylic acids is 1. The topological polar surface area (TPSA) is 113 Å². The summed E-state index contributed by atoms with van der Waals surface area (Å²) in [5.74, 6) is -1.42. The summed E-state index contributed by atoms with van der Waals surface area (Å²) in [6.45, 7) is 5.73. The fourth-order valence-electron chi connectivity index (χ4n) is 3.14. The van der Waals surface area contributed by atoms with Gasteiger partial charge in [-0.15, -0.1) is 0 Å². The van der Waals surface area contributed by atoms with Crippen LogP contribution >= 0.6 is 0 Å². The van der Waals surface area contributed by atoms with E-state index < -0.39 is 22.1 Å². The van der Waals surface area contributed by atoms with Crippen molar-refractivity contribution in [3.05, 3.63) is 28.8 Å². The largest absolute Gasteiger partial charge is 0.479 e. The minimum Gasteiger partial charge on any atom is -0.479 e. The summed E-state index contributed by atoms with van der Waals surface area (Å²) in [6.07, 6.45) is -1.09. The van der Waals surface area contributed by atoms with Crippen LogP contribution in [-0.2, 0) is 24.3 Å². The SMILES string of the molecule is Cc1cc(C)c(S(=O)(=O)NCCC(=O)N2CCOC(C(=O)O)C2)c(C)c1. The minimum atomic E-state index is -3.73. The first-order valence-corrected chi connectivity index (χ1v) is 9.80. The lowest BCUT2D eigenvalue weighted by molar-refractivity contribution is -0.159. The van der Waals surface area contributed by atoms with Crippen molar-refractivity contribution < 1.29 is 27.9 Å². The molecule has 1 aliphatic heterocycles. The number of hydrogen-bond donors (Lipinski definition) is 2. The van der Waals surface area contributed by atoms with Gasteiger partial charge >= 0.3 is 5.97 Å². The molecule has 144 valence electrons. The van der Waals surface area contributed by atoms with E-state index in [4.69, 9.17) is 9.84 Å². The van der Waals surface area contributed by atoms with Crippen LogP contribution in [0.4, 0.5) is 0 Å². The number of carbonyl (C=O) groups excluding carboxylic acids is 1. The Morgan fingerprint density at radius 3 is 2.46 bits per heavy atom. The van der Waals surface area contributed by atoms with E-state index in [1.807, 2.05) is 6.92 Å². The van der Waals surface area contributed by atoms with Gasteiger partial charge < -0.3 is 14.7 Å². The Hall–Kier alpha value is -1.97. The van der Waals surface area contributed by atoms with Gasteiger partial charge in [-0.25, -0.2) is 17.9 Å². The Bertz CT molecular complexity index is 782. The van der Waals surface area contributed by atoms with Crippen LogP contribution in [0, 0.1) is 20.8 Å². The monoisotopic (exact) mass is 384 g/mol. The summed E-state index contributed by atoms with van der Waals surface area (Å²) < 4.78 is 32.6. The molecule has 1 atom stereocenters. The molecule has 0 radical (unpaired) electrons. The Morgan fingerprint density at radius 2 is 1.88 bits per heavy atom. The molecule has 0 bridgehead atoms.